The standard InChI is InChI=1S/C24H27N5O2/c1-16(18-6-4-3-5-7-18)28-24-19-13-21(22(31-2)14-20(19)26-15-27-24)29-23(30)12-17-8-10-25-11-9-17/h3-7,12-16,25H,8-11H2,1-2H3,(H,29,30)(H,26,27,28)/t16-/m1/s1. The van der Waals surface area contributed by atoms with Crippen LogP contribution in [0.15, 0.2) is 60.4 Å². The summed E-state index contributed by atoms with van der Waals surface area (Å²) in [4.78, 5) is 21.5. The molecule has 0 saturated carbocycles. The number of anilines is 2. The average Bonchev–Trinajstić information content (AvgIpc) is 2.80. The van der Waals surface area contributed by atoms with Crippen LogP contribution in [0.3, 0.4) is 0 Å². The molecule has 3 aromatic rings. The third kappa shape index (κ3) is 5.00. The van der Waals surface area contributed by atoms with Gasteiger partial charge in [-0.05, 0) is 44.5 Å². The maximum atomic E-state index is 12.6. The molecule has 2 heterocycles. The number of aromatic nitrogens is 2. The number of methoxy groups -OCH3 is 1. The molecular weight excluding hydrogens is 390 g/mol. The lowest BCUT2D eigenvalue weighted by atomic mass is 10.1. The fourth-order valence-electron chi connectivity index (χ4n) is 3.74. The molecule has 7 nitrogen and oxygen atoms in total. The maximum Gasteiger partial charge on any atom is 0.248 e. The number of carbonyl (C=O) groups excluding carboxylic acids is 1. The maximum absolute atomic E-state index is 12.6. The number of ether oxygens (including phenoxy) is 1. The molecule has 1 saturated heterocycles. The van der Waals surface area contributed by atoms with Crippen molar-refractivity contribution in [1.29, 1.82) is 0 Å². The number of amides is 1. The van der Waals surface area contributed by atoms with Gasteiger partial charge in [-0.15, -0.1) is 0 Å². The molecule has 0 radical (unpaired) electrons. The molecule has 2 aromatic carbocycles. The molecule has 1 aliphatic heterocycles. The van der Waals surface area contributed by atoms with E-state index in [2.05, 4.69) is 45.0 Å². The van der Waals surface area contributed by atoms with Gasteiger partial charge >= 0.3 is 0 Å². The van der Waals surface area contributed by atoms with Gasteiger partial charge in [-0.3, -0.25) is 4.79 Å². The fourth-order valence-corrected chi connectivity index (χ4v) is 3.74. The predicted octanol–water partition coefficient (Wildman–Crippen LogP) is 4.06. The minimum Gasteiger partial charge on any atom is -0.494 e. The summed E-state index contributed by atoms with van der Waals surface area (Å²) in [5.41, 5.74) is 3.64. The lowest BCUT2D eigenvalue weighted by Gasteiger charge is -2.18. The second-order valence-corrected chi connectivity index (χ2v) is 7.61. The first-order valence-corrected chi connectivity index (χ1v) is 10.5. The summed E-state index contributed by atoms with van der Waals surface area (Å²) in [6, 6.07) is 13.9. The third-order valence-electron chi connectivity index (χ3n) is 5.45. The van der Waals surface area contributed by atoms with E-state index < -0.39 is 0 Å². The van der Waals surface area contributed by atoms with Crippen molar-refractivity contribution < 1.29 is 9.53 Å². The number of nitrogens with zero attached hydrogens (tertiary/aromatic N) is 2. The zero-order valence-electron chi connectivity index (χ0n) is 17.8. The molecular formula is C24H27N5O2. The quantitative estimate of drug-likeness (QED) is 0.524. The molecule has 7 heteroatoms. The molecule has 1 atom stereocenters. The number of nitrogens with one attached hydrogen (secondary N) is 3. The predicted molar refractivity (Wildman–Crippen MR) is 123 cm³/mol. The monoisotopic (exact) mass is 417 g/mol. The van der Waals surface area contributed by atoms with E-state index in [1.807, 2.05) is 30.3 Å². The smallest absolute Gasteiger partial charge is 0.248 e. The Balaban J connectivity index is 1.63. The van der Waals surface area contributed by atoms with Crippen molar-refractivity contribution in [3.63, 3.8) is 0 Å². The Morgan fingerprint density at radius 2 is 1.94 bits per heavy atom. The van der Waals surface area contributed by atoms with Crippen molar-refractivity contribution in [2.45, 2.75) is 25.8 Å². The van der Waals surface area contributed by atoms with E-state index in [9.17, 15) is 4.79 Å². The van der Waals surface area contributed by atoms with Gasteiger partial charge in [0.2, 0.25) is 5.91 Å². The van der Waals surface area contributed by atoms with Crippen LogP contribution in [0.5, 0.6) is 5.75 Å². The highest BCUT2D eigenvalue weighted by atomic mass is 16.5. The van der Waals surface area contributed by atoms with Crippen LogP contribution < -0.4 is 20.7 Å². The van der Waals surface area contributed by atoms with Crippen molar-refractivity contribution >= 4 is 28.3 Å². The number of carbonyl (C=O) groups is 1. The van der Waals surface area contributed by atoms with Gasteiger partial charge in [0.15, 0.2) is 0 Å². The van der Waals surface area contributed by atoms with Crippen LogP contribution in [0.25, 0.3) is 10.9 Å². The van der Waals surface area contributed by atoms with Gasteiger partial charge in [0, 0.05) is 23.6 Å². The summed E-state index contributed by atoms with van der Waals surface area (Å²) in [7, 11) is 1.58. The first-order valence-electron chi connectivity index (χ1n) is 10.5. The van der Waals surface area contributed by atoms with Crippen LogP contribution in [0.1, 0.15) is 31.4 Å². The van der Waals surface area contributed by atoms with Gasteiger partial charge in [-0.1, -0.05) is 35.9 Å². The largest absolute Gasteiger partial charge is 0.494 e. The zero-order valence-corrected chi connectivity index (χ0v) is 17.8. The van der Waals surface area contributed by atoms with Crippen molar-refractivity contribution in [3.8, 4) is 5.75 Å². The Morgan fingerprint density at radius 1 is 1.16 bits per heavy atom. The molecule has 1 aliphatic rings. The minimum atomic E-state index is -0.154. The van der Waals surface area contributed by atoms with Crippen molar-refractivity contribution in [2.24, 2.45) is 0 Å². The molecule has 160 valence electrons. The van der Waals surface area contributed by atoms with Gasteiger partial charge in [-0.2, -0.15) is 0 Å². The number of rotatable bonds is 6. The van der Waals surface area contributed by atoms with Gasteiger partial charge in [0.05, 0.1) is 18.3 Å². The van der Waals surface area contributed by atoms with E-state index >= 15 is 0 Å². The van der Waals surface area contributed by atoms with Gasteiger partial charge < -0.3 is 20.7 Å². The summed E-state index contributed by atoms with van der Waals surface area (Å²) in [5.74, 6) is 1.11. The lowest BCUT2D eigenvalue weighted by molar-refractivity contribution is -0.112. The Morgan fingerprint density at radius 3 is 2.68 bits per heavy atom. The van der Waals surface area contributed by atoms with E-state index in [-0.39, 0.29) is 11.9 Å². The Labute approximate surface area is 181 Å². The van der Waals surface area contributed by atoms with Crippen LogP contribution in [-0.4, -0.2) is 36.1 Å². The molecule has 0 bridgehead atoms. The van der Waals surface area contributed by atoms with Crippen molar-refractivity contribution in [1.82, 2.24) is 15.3 Å². The van der Waals surface area contributed by atoms with E-state index in [4.69, 9.17) is 4.74 Å². The van der Waals surface area contributed by atoms with E-state index in [1.165, 1.54) is 6.33 Å². The molecule has 3 N–H and O–H groups in total. The second-order valence-electron chi connectivity index (χ2n) is 7.61. The summed E-state index contributed by atoms with van der Waals surface area (Å²) in [6.07, 6.45) is 5.01. The summed E-state index contributed by atoms with van der Waals surface area (Å²) in [6.45, 7) is 3.90. The van der Waals surface area contributed by atoms with Crippen LogP contribution in [0.4, 0.5) is 11.5 Å². The number of benzene rings is 2. The van der Waals surface area contributed by atoms with Crippen LogP contribution in [0, 0.1) is 0 Å². The molecule has 0 unspecified atom stereocenters. The van der Waals surface area contributed by atoms with Gasteiger partial charge in [-0.25, -0.2) is 9.97 Å². The van der Waals surface area contributed by atoms with Crippen LogP contribution >= 0.6 is 0 Å². The number of fused-ring (bicyclic) bond motifs is 1. The number of piperidine rings is 1. The highest BCUT2D eigenvalue weighted by Crippen LogP contribution is 2.33. The first kappa shape index (κ1) is 20.8. The van der Waals surface area contributed by atoms with E-state index in [0.29, 0.717) is 17.3 Å². The fraction of sp³-hybridized carbons (Fsp3) is 0.292. The van der Waals surface area contributed by atoms with E-state index in [0.717, 1.165) is 48.0 Å². The Kier molecular flexibility index (Phi) is 6.43. The summed E-state index contributed by atoms with van der Waals surface area (Å²) >= 11 is 0. The molecule has 0 spiro atoms. The third-order valence-corrected chi connectivity index (χ3v) is 5.45. The van der Waals surface area contributed by atoms with Crippen LogP contribution in [0.2, 0.25) is 0 Å². The Hall–Kier alpha value is -3.45. The highest BCUT2D eigenvalue weighted by molar-refractivity contribution is 6.03. The molecule has 1 fully saturated rings. The lowest BCUT2D eigenvalue weighted by Crippen LogP contribution is -2.24. The second kappa shape index (κ2) is 9.57. The zero-order chi connectivity index (χ0) is 21.6. The molecule has 0 aliphatic carbocycles. The number of hydrogen-bond donors (Lipinski definition) is 3. The summed E-state index contributed by atoms with van der Waals surface area (Å²) < 4.78 is 5.51. The van der Waals surface area contributed by atoms with Gasteiger partial charge in [0.25, 0.3) is 0 Å². The normalized spacial score (nSPS) is 14.7. The molecule has 1 amide bonds. The van der Waals surface area contributed by atoms with Crippen molar-refractivity contribution in [3.05, 3.63) is 66.0 Å². The summed E-state index contributed by atoms with van der Waals surface area (Å²) in [5, 5.41) is 10.5. The number of hydrogen-bond acceptors (Lipinski definition) is 6. The van der Waals surface area contributed by atoms with Crippen molar-refractivity contribution in [2.75, 3.05) is 30.8 Å². The molecule has 4 rings (SSSR count). The SMILES string of the molecule is COc1cc2ncnc(N[C@H](C)c3ccccc3)c2cc1NC(=O)C=C1CCNCC1. The van der Waals surface area contributed by atoms with Gasteiger partial charge in [0.1, 0.15) is 17.9 Å². The van der Waals surface area contributed by atoms with E-state index in [1.54, 1.807) is 13.2 Å². The molecule has 31 heavy (non-hydrogen) atoms. The molecule has 1 aromatic heterocycles. The average molecular weight is 418 g/mol. The topological polar surface area (TPSA) is 88.2 Å². The first-order chi connectivity index (χ1) is 15.1. The Bertz CT molecular complexity index is 1090. The van der Waals surface area contributed by atoms with Crippen LogP contribution in [-0.2, 0) is 4.79 Å². The highest BCUT2D eigenvalue weighted by Gasteiger charge is 2.15. The minimum absolute atomic E-state index is 0.0593.